The molecule has 0 spiro atoms. The van der Waals surface area contributed by atoms with E-state index in [0.717, 1.165) is 21.9 Å². The molecule has 0 saturated heterocycles. The SMILES string of the molecule is Cc1ccc(C)c(O[C@H](C)C(=O)NNC(=O)[C@@H](C)Oc2ccc3ccccc3c2)c1. The fraction of sp³-hybridized carbons (Fsp3) is 0.250. The fourth-order valence-corrected chi connectivity index (χ4v) is 2.90. The van der Waals surface area contributed by atoms with Crippen LogP contribution in [-0.4, -0.2) is 24.0 Å². The highest BCUT2D eigenvalue weighted by molar-refractivity contribution is 5.87. The number of fused-ring (bicyclic) bond motifs is 1. The monoisotopic (exact) mass is 406 g/mol. The summed E-state index contributed by atoms with van der Waals surface area (Å²) in [7, 11) is 0. The molecule has 0 aliphatic rings. The van der Waals surface area contributed by atoms with Crippen LogP contribution in [0.5, 0.6) is 11.5 Å². The molecule has 0 unspecified atom stereocenters. The second kappa shape index (κ2) is 9.31. The van der Waals surface area contributed by atoms with E-state index in [4.69, 9.17) is 9.47 Å². The van der Waals surface area contributed by atoms with Crippen LogP contribution in [0, 0.1) is 13.8 Å². The van der Waals surface area contributed by atoms with Crippen molar-refractivity contribution < 1.29 is 19.1 Å². The number of amides is 2. The van der Waals surface area contributed by atoms with Gasteiger partial charge in [-0.05, 0) is 67.8 Å². The predicted octanol–water partition coefficient (Wildman–Crippen LogP) is 3.84. The molecule has 2 amide bonds. The van der Waals surface area contributed by atoms with Gasteiger partial charge in [-0.2, -0.15) is 0 Å². The van der Waals surface area contributed by atoms with Gasteiger partial charge in [-0.15, -0.1) is 0 Å². The quantitative estimate of drug-likeness (QED) is 0.610. The first-order chi connectivity index (χ1) is 14.3. The van der Waals surface area contributed by atoms with Crippen LogP contribution in [0.2, 0.25) is 0 Å². The smallest absolute Gasteiger partial charge is 0.279 e. The lowest BCUT2D eigenvalue weighted by Gasteiger charge is -2.19. The van der Waals surface area contributed by atoms with Crippen LogP contribution in [0.15, 0.2) is 60.7 Å². The summed E-state index contributed by atoms with van der Waals surface area (Å²) in [5.74, 6) is 0.295. The molecular formula is C24H26N2O4. The minimum atomic E-state index is -0.790. The molecule has 0 radical (unpaired) electrons. The topological polar surface area (TPSA) is 76.7 Å². The Kier molecular flexibility index (Phi) is 6.57. The molecule has 0 bridgehead atoms. The van der Waals surface area contributed by atoms with E-state index in [9.17, 15) is 9.59 Å². The number of hydrazine groups is 1. The number of hydrogen-bond acceptors (Lipinski definition) is 4. The van der Waals surface area contributed by atoms with Gasteiger partial charge in [0.2, 0.25) is 0 Å². The molecule has 0 heterocycles. The molecule has 6 heteroatoms. The van der Waals surface area contributed by atoms with E-state index in [1.807, 2.05) is 74.5 Å². The predicted molar refractivity (Wildman–Crippen MR) is 116 cm³/mol. The highest BCUT2D eigenvalue weighted by Crippen LogP contribution is 2.22. The number of carbonyl (C=O) groups is 2. The van der Waals surface area contributed by atoms with Gasteiger partial charge in [0.15, 0.2) is 12.2 Å². The van der Waals surface area contributed by atoms with Crippen molar-refractivity contribution in [1.29, 1.82) is 0 Å². The Morgan fingerprint density at radius 2 is 1.40 bits per heavy atom. The first-order valence-corrected chi connectivity index (χ1v) is 9.82. The number of nitrogens with one attached hydrogen (secondary N) is 2. The van der Waals surface area contributed by atoms with Gasteiger partial charge in [-0.1, -0.05) is 42.5 Å². The van der Waals surface area contributed by atoms with Crippen molar-refractivity contribution in [2.24, 2.45) is 0 Å². The molecule has 156 valence electrons. The average Bonchev–Trinajstić information content (AvgIpc) is 2.74. The van der Waals surface area contributed by atoms with E-state index in [1.54, 1.807) is 13.8 Å². The maximum absolute atomic E-state index is 12.3. The van der Waals surface area contributed by atoms with Gasteiger partial charge in [0.05, 0.1) is 0 Å². The third kappa shape index (κ3) is 5.29. The second-order valence-electron chi connectivity index (χ2n) is 7.28. The van der Waals surface area contributed by atoms with Gasteiger partial charge < -0.3 is 9.47 Å². The van der Waals surface area contributed by atoms with Crippen LogP contribution in [0.1, 0.15) is 25.0 Å². The molecule has 3 aromatic rings. The van der Waals surface area contributed by atoms with Crippen molar-refractivity contribution in [2.45, 2.75) is 39.9 Å². The number of rotatable bonds is 6. The van der Waals surface area contributed by atoms with Crippen molar-refractivity contribution in [1.82, 2.24) is 10.9 Å². The summed E-state index contributed by atoms with van der Waals surface area (Å²) < 4.78 is 11.4. The Morgan fingerprint density at radius 1 is 0.767 bits per heavy atom. The highest BCUT2D eigenvalue weighted by atomic mass is 16.5. The molecule has 6 nitrogen and oxygen atoms in total. The van der Waals surface area contributed by atoms with Crippen LogP contribution in [0.3, 0.4) is 0 Å². The molecule has 30 heavy (non-hydrogen) atoms. The Labute approximate surface area is 176 Å². The second-order valence-corrected chi connectivity index (χ2v) is 7.28. The standard InChI is InChI=1S/C24H26N2O4/c1-15-9-10-16(2)22(13-15)30-18(4)24(28)26-25-23(27)17(3)29-21-12-11-19-7-5-6-8-20(19)14-21/h5-14,17-18H,1-4H3,(H,25,27)(H,26,28)/t17-,18-/m1/s1. The number of aryl methyl sites for hydroxylation is 2. The summed E-state index contributed by atoms with van der Waals surface area (Å²) in [6.45, 7) is 7.10. The van der Waals surface area contributed by atoms with Crippen LogP contribution < -0.4 is 20.3 Å². The van der Waals surface area contributed by atoms with Crippen molar-refractivity contribution in [3.63, 3.8) is 0 Å². The maximum Gasteiger partial charge on any atom is 0.279 e. The number of benzene rings is 3. The molecule has 3 rings (SSSR count). The van der Waals surface area contributed by atoms with Gasteiger partial charge in [0.1, 0.15) is 11.5 Å². The van der Waals surface area contributed by atoms with Crippen LogP contribution in [0.4, 0.5) is 0 Å². The summed E-state index contributed by atoms with van der Waals surface area (Å²) in [5.41, 5.74) is 6.75. The summed E-state index contributed by atoms with van der Waals surface area (Å²) in [6, 6.07) is 19.3. The lowest BCUT2D eigenvalue weighted by atomic mass is 10.1. The number of carbonyl (C=O) groups excluding carboxylic acids is 2. The van der Waals surface area contributed by atoms with E-state index in [2.05, 4.69) is 10.9 Å². The van der Waals surface area contributed by atoms with Crippen molar-refractivity contribution in [3.8, 4) is 11.5 Å². The summed E-state index contributed by atoms with van der Waals surface area (Å²) in [5, 5.41) is 2.11. The van der Waals surface area contributed by atoms with Crippen molar-refractivity contribution in [2.75, 3.05) is 0 Å². The maximum atomic E-state index is 12.3. The third-order valence-corrected chi connectivity index (χ3v) is 4.73. The molecule has 0 saturated carbocycles. The molecule has 0 aromatic heterocycles. The molecule has 0 aliphatic heterocycles. The first kappa shape index (κ1) is 21.2. The van der Waals surface area contributed by atoms with Gasteiger partial charge in [0.25, 0.3) is 11.8 Å². The van der Waals surface area contributed by atoms with Gasteiger partial charge in [-0.25, -0.2) is 0 Å². The van der Waals surface area contributed by atoms with Gasteiger partial charge >= 0.3 is 0 Å². The average molecular weight is 406 g/mol. The lowest BCUT2D eigenvalue weighted by molar-refractivity contribution is -0.135. The van der Waals surface area contributed by atoms with Gasteiger partial charge in [0, 0.05) is 0 Å². The lowest BCUT2D eigenvalue weighted by Crippen LogP contribution is -2.50. The minimum absolute atomic E-state index is 0.456. The summed E-state index contributed by atoms with van der Waals surface area (Å²) in [4.78, 5) is 24.6. The highest BCUT2D eigenvalue weighted by Gasteiger charge is 2.19. The molecule has 2 atom stereocenters. The molecular weight excluding hydrogens is 380 g/mol. The van der Waals surface area contributed by atoms with Crippen molar-refractivity contribution in [3.05, 3.63) is 71.8 Å². The summed E-state index contributed by atoms with van der Waals surface area (Å²) >= 11 is 0. The third-order valence-electron chi connectivity index (χ3n) is 4.73. The summed E-state index contributed by atoms with van der Waals surface area (Å²) in [6.07, 6.45) is -1.57. The van der Waals surface area contributed by atoms with E-state index < -0.39 is 24.0 Å². The molecule has 0 aliphatic carbocycles. The Balaban J connectivity index is 1.52. The van der Waals surface area contributed by atoms with E-state index in [0.29, 0.717) is 11.5 Å². The van der Waals surface area contributed by atoms with E-state index in [1.165, 1.54) is 0 Å². The zero-order valence-electron chi connectivity index (χ0n) is 17.6. The van der Waals surface area contributed by atoms with Crippen molar-refractivity contribution >= 4 is 22.6 Å². The normalized spacial score (nSPS) is 12.7. The Hall–Kier alpha value is -3.54. The fourth-order valence-electron chi connectivity index (χ4n) is 2.90. The zero-order chi connectivity index (χ0) is 21.7. The zero-order valence-corrected chi connectivity index (χ0v) is 17.6. The number of hydrogen-bond donors (Lipinski definition) is 2. The Morgan fingerprint density at radius 3 is 2.10 bits per heavy atom. The minimum Gasteiger partial charge on any atom is -0.481 e. The van der Waals surface area contributed by atoms with E-state index in [-0.39, 0.29) is 0 Å². The Bertz CT molecular complexity index is 1060. The largest absolute Gasteiger partial charge is 0.481 e. The van der Waals surface area contributed by atoms with Gasteiger partial charge in [-0.3, -0.25) is 20.4 Å². The van der Waals surface area contributed by atoms with E-state index >= 15 is 0 Å². The van der Waals surface area contributed by atoms with Crippen LogP contribution in [-0.2, 0) is 9.59 Å². The molecule has 0 fully saturated rings. The molecule has 3 aromatic carbocycles. The first-order valence-electron chi connectivity index (χ1n) is 9.82. The number of ether oxygens (including phenoxy) is 2. The van der Waals surface area contributed by atoms with Crippen LogP contribution in [0.25, 0.3) is 10.8 Å². The van der Waals surface area contributed by atoms with Crippen LogP contribution >= 0.6 is 0 Å². The molecule has 2 N–H and O–H groups in total.